The molecular weight excluding hydrogens is 198 g/mol. The Morgan fingerprint density at radius 1 is 1.44 bits per heavy atom. The normalized spacial score (nSPS) is 22.6. The van der Waals surface area contributed by atoms with Gasteiger partial charge in [0, 0.05) is 12.0 Å². The van der Waals surface area contributed by atoms with Gasteiger partial charge < -0.3 is 0 Å². The summed E-state index contributed by atoms with van der Waals surface area (Å²) < 4.78 is 0. The quantitative estimate of drug-likeness (QED) is 0.824. The maximum Gasteiger partial charge on any atom is 0.149 e. The lowest BCUT2D eigenvalue weighted by Crippen LogP contribution is -2.52. The van der Waals surface area contributed by atoms with E-state index in [0.717, 1.165) is 6.42 Å². The van der Waals surface area contributed by atoms with Gasteiger partial charge in [-0.3, -0.25) is 10.1 Å². The van der Waals surface area contributed by atoms with Crippen LogP contribution in [0.3, 0.4) is 0 Å². The smallest absolute Gasteiger partial charge is 0.149 e. The zero-order valence-corrected chi connectivity index (χ0v) is 10.2. The molecule has 1 unspecified atom stereocenters. The minimum atomic E-state index is -0.107. The molecule has 1 aromatic carbocycles. The van der Waals surface area contributed by atoms with Crippen LogP contribution in [-0.4, -0.2) is 11.8 Å². The molecule has 2 nitrogen and oxygen atoms in total. The molecule has 0 bridgehead atoms. The Labute approximate surface area is 97.1 Å². The van der Waals surface area contributed by atoms with Crippen molar-refractivity contribution in [3.63, 3.8) is 0 Å². The highest BCUT2D eigenvalue weighted by atomic mass is 16.1. The van der Waals surface area contributed by atoms with Crippen molar-refractivity contribution in [2.75, 3.05) is 0 Å². The number of rotatable bonds is 2. The lowest BCUT2D eigenvalue weighted by atomic mass is 9.81. The molecule has 0 amide bonds. The lowest BCUT2D eigenvalue weighted by Gasteiger charge is -2.38. The SMILES string of the molecule is CCC(=O)C1Cc2ccccc2C(C)(C)N1. The highest BCUT2D eigenvalue weighted by molar-refractivity contribution is 5.84. The van der Waals surface area contributed by atoms with Crippen molar-refractivity contribution < 1.29 is 4.79 Å². The summed E-state index contributed by atoms with van der Waals surface area (Å²) in [5, 5.41) is 3.45. The summed E-state index contributed by atoms with van der Waals surface area (Å²) in [6.45, 7) is 6.21. The van der Waals surface area contributed by atoms with Gasteiger partial charge in [-0.1, -0.05) is 31.2 Å². The molecule has 1 aliphatic rings. The molecule has 2 rings (SSSR count). The first-order chi connectivity index (χ1) is 7.54. The van der Waals surface area contributed by atoms with Crippen LogP contribution < -0.4 is 5.32 Å². The van der Waals surface area contributed by atoms with Crippen molar-refractivity contribution in [1.29, 1.82) is 0 Å². The maximum atomic E-state index is 11.8. The highest BCUT2D eigenvalue weighted by Crippen LogP contribution is 2.30. The van der Waals surface area contributed by atoms with Gasteiger partial charge in [0.2, 0.25) is 0 Å². The average molecular weight is 217 g/mol. The standard InChI is InChI=1S/C14H19NO/c1-4-13(16)12-9-10-7-5-6-8-11(10)14(2,3)15-12/h5-8,12,15H,4,9H2,1-3H3. The maximum absolute atomic E-state index is 11.8. The third kappa shape index (κ3) is 1.90. The molecule has 0 saturated carbocycles. The van der Waals surface area contributed by atoms with E-state index >= 15 is 0 Å². The first-order valence-electron chi connectivity index (χ1n) is 5.93. The van der Waals surface area contributed by atoms with Crippen LogP contribution in [0, 0.1) is 0 Å². The van der Waals surface area contributed by atoms with Crippen molar-refractivity contribution in [2.24, 2.45) is 0 Å². The molecular formula is C14H19NO. The van der Waals surface area contributed by atoms with E-state index in [-0.39, 0.29) is 11.6 Å². The molecule has 0 spiro atoms. The van der Waals surface area contributed by atoms with Crippen molar-refractivity contribution in [3.8, 4) is 0 Å². The number of hydrogen-bond acceptors (Lipinski definition) is 2. The second-order valence-corrected chi connectivity index (χ2v) is 5.00. The molecule has 1 heterocycles. The van der Waals surface area contributed by atoms with Crippen LogP contribution in [0.15, 0.2) is 24.3 Å². The molecule has 16 heavy (non-hydrogen) atoms. The number of hydrogen-bond donors (Lipinski definition) is 1. The molecule has 1 aliphatic heterocycles. The zero-order chi connectivity index (χ0) is 11.8. The van der Waals surface area contributed by atoms with E-state index in [1.54, 1.807) is 0 Å². The van der Waals surface area contributed by atoms with Crippen molar-refractivity contribution in [2.45, 2.75) is 45.2 Å². The third-order valence-electron chi connectivity index (χ3n) is 3.39. The first-order valence-corrected chi connectivity index (χ1v) is 5.93. The van der Waals surface area contributed by atoms with Gasteiger partial charge in [-0.05, 0) is 31.4 Å². The Hall–Kier alpha value is -1.15. The Balaban J connectivity index is 2.37. The van der Waals surface area contributed by atoms with Gasteiger partial charge in [0.15, 0.2) is 0 Å². The molecule has 0 aromatic heterocycles. The second-order valence-electron chi connectivity index (χ2n) is 5.00. The number of fused-ring (bicyclic) bond motifs is 1. The van der Waals surface area contributed by atoms with Crippen LogP contribution >= 0.6 is 0 Å². The van der Waals surface area contributed by atoms with Crippen LogP contribution in [-0.2, 0) is 16.8 Å². The van der Waals surface area contributed by atoms with Crippen LogP contribution in [0.5, 0.6) is 0 Å². The minimum absolute atomic E-state index is 0.0186. The highest BCUT2D eigenvalue weighted by Gasteiger charge is 2.34. The Morgan fingerprint density at radius 2 is 2.12 bits per heavy atom. The van der Waals surface area contributed by atoms with Gasteiger partial charge in [0.05, 0.1) is 6.04 Å². The Kier molecular flexibility index (Phi) is 2.85. The average Bonchev–Trinajstić information content (AvgIpc) is 2.27. The Bertz CT molecular complexity index is 409. The van der Waals surface area contributed by atoms with Gasteiger partial charge in [-0.25, -0.2) is 0 Å². The number of nitrogens with one attached hydrogen (secondary N) is 1. The summed E-state index contributed by atoms with van der Waals surface area (Å²) in [4.78, 5) is 11.8. The first kappa shape index (κ1) is 11.3. The lowest BCUT2D eigenvalue weighted by molar-refractivity contribution is -0.121. The number of carbonyl (C=O) groups is 1. The molecule has 0 radical (unpaired) electrons. The van der Waals surface area contributed by atoms with Gasteiger partial charge in [0.1, 0.15) is 5.78 Å². The molecule has 0 aliphatic carbocycles. The molecule has 2 heteroatoms. The monoisotopic (exact) mass is 217 g/mol. The molecule has 0 fully saturated rings. The molecule has 1 atom stereocenters. The van der Waals surface area contributed by atoms with Crippen LogP contribution in [0.25, 0.3) is 0 Å². The van der Waals surface area contributed by atoms with Crippen LogP contribution in [0.1, 0.15) is 38.3 Å². The molecule has 0 saturated heterocycles. The van der Waals surface area contributed by atoms with Crippen molar-refractivity contribution in [3.05, 3.63) is 35.4 Å². The van der Waals surface area contributed by atoms with E-state index in [1.807, 2.05) is 13.0 Å². The summed E-state index contributed by atoms with van der Waals surface area (Å²) in [7, 11) is 0. The zero-order valence-electron chi connectivity index (χ0n) is 10.2. The van der Waals surface area contributed by atoms with Gasteiger partial charge in [-0.2, -0.15) is 0 Å². The van der Waals surface area contributed by atoms with E-state index in [2.05, 4.69) is 37.4 Å². The van der Waals surface area contributed by atoms with Crippen LogP contribution in [0.4, 0.5) is 0 Å². The topological polar surface area (TPSA) is 29.1 Å². The second kappa shape index (κ2) is 4.02. The predicted molar refractivity (Wildman–Crippen MR) is 65.4 cm³/mol. The van der Waals surface area contributed by atoms with Crippen LogP contribution in [0.2, 0.25) is 0 Å². The molecule has 1 aromatic rings. The van der Waals surface area contributed by atoms with E-state index in [4.69, 9.17) is 0 Å². The third-order valence-corrected chi connectivity index (χ3v) is 3.39. The fraction of sp³-hybridized carbons (Fsp3) is 0.500. The number of carbonyl (C=O) groups excluding carboxylic acids is 1. The fourth-order valence-electron chi connectivity index (χ4n) is 2.53. The summed E-state index contributed by atoms with van der Waals surface area (Å²) >= 11 is 0. The molecule has 1 N–H and O–H groups in total. The number of benzene rings is 1. The van der Waals surface area contributed by atoms with Gasteiger partial charge >= 0.3 is 0 Å². The van der Waals surface area contributed by atoms with E-state index in [1.165, 1.54) is 11.1 Å². The van der Waals surface area contributed by atoms with E-state index in [9.17, 15) is 4.79 Å². The predicted octanol–water partition coefficient (Wildman–Crippen LogP) is 2.42. The minimum Gasteiger partial charge on any atom is -0.298 e. The van der Waals surface area contributed by atoms with E-state index < -0.39 is 0 Å². The Morgan fingerprint density at radius 3 is 2.81 bits per heavy atom. The summed E-state index contributed by atoms with van der Waals surface area (Å²) in [6, 6.07) is 8.37. The van der Waals surface area contributed by atoms with Crippen molar-refractivity contribution in [1.82, 2.24) is 5.32 Å². The summed E-state index contributed by atoms with van der Waals surface area (Å²) in [5.41, 5.74) is 2.51. The number of Topliss-reactive ketones (excluding diaryl/α,β-unsaturated/α-hetero) is 1. The summed E-state index contributed by atoms with van der Waals surface area (Å²) in [6.07, 6.45) is 1.43. The molecule has 86 valence electrons. The van der Waals surface area contributed by atoms with E-state index in [0.29, 0.717) is 12.2 Å². The van der Waals surface area contributed by atoms with Gasteiger partial charge in [0.25, 0.3) is 0 Å². The van der Waals surface area contributed by atoms with Gasteiger partial charge in [-0.15, -0.1) is 0 Å². The van der Waals surface area contributed by atoms with Crippen molar-refractivity contribution >= 4 is 5.78 Å². The fourth-order valence-corrected chi connectivity index (χ4v) is 2.53. The summed E-state index contributed by atoms with van der Waals surface area (Å²) in [5.74, 6) is 0.308. The largest absolute Gasteiger partial charge is 0.298 e. The number of ketones is 1.